The number of ketones is 1. The van der Waals surface area contributed by atoms with Gasteiger partial charge in [-0.1, -0.05) is 23.3 Å². The van der Waals surface area contributed by atoms with Crippen molar-refractivity contribution < 1.29 is 19.1 Å². The highest BCUT2D eigenvalue weighted by Gasteiger charge is 2.61. The van der Waals surface area contributed by atoms with E-state index in [0.29, 0.717) is 24.1 Å². The molecule has 0 N–H and O–H groups in total. The number of allylic oxidation sites excluding steroid dienone is 1. The highest BCUT2D eigenvalue weighted by atomic mass is 16.5. The molecule has 0 bridgehead atoms. The number of carbonyl (C=O) groups is 3. The Balaban J connectivity index is 2.24. The molecule has 0 radical (unpaired) electrons. The maximum Gasteiger partial charge on any atom is 0.312 e. The van der Waals surface area contributed by atoms with Crippen molar-refractivity contribution in [3.05, 3.63) is 41.0 Å². The number of nitrogens with zero attached hydrogens (tertiary/aromatic N) is 1. The normalized spacial score (nSPS) is 25.4. The third-order valence-electron chi connectivity index (χ3n) is 5.42. The summed E-state index contributed by atoms with van der Waals surface area (Å²) in [5.74, 6) is -1.51. The van der Waals surface area contributed by atoms with Crippen LogP contribution in [0.3, 0.4) is 0 Å². The molecule has 1 unspecified atom stereocenters. The molecule has 0 saturated carbocycles. The molecule has 1 aromatic carbocycles. The van der Waals surface area contributed by atoms with Crippen LogP contribution in [0.5, 0.6) is 0 Å². The van der Waals surface area contributed by atoms with Crippen LogP contribution < -0.4 is 4.90 Å². The lowest BCUT2D eigenvalue weighted by Crippen LogP contribution is -2.61. The molecule has 2 atom stereocenters. The van der Waals surface area contributed by atoms with Crippen LogP contribution in [-0.4, -0.2) is 29.8 Å². The zero-order chi connectivity index (χ0) is 18.4. The van der Waals surface area contributed by atoms with Gasteiger partial charge in [-0.05, 0) is 39.3 Å². The minimum absolute atomic E-state index is 0.164. The molecule has 1 heterocycles. The number of fused-ring (bicyclic) bond motifs is 1. The summed E-state index contributed by atoms with van der Waals surface area (Å²) in [7, 11) is 0. The van der Waals surface area contributed by atoms with E-state index in [4.69, 9.17) is 4.74 Å². The minimum atomic E-state index is -1.22. The van der Waals surface area contributed by atoms with Gasteiger partial charge in [0, 0.05) is 18.9 Å². The predicted octanol–water partition coefficient (Wildman–Crippen LogP) is 3.28. The summed E-state index contributed by atoms with van der Waals surface area (Å²) in [5.41, 5.74) is 2.00. The molecule has 0 aromatic heterocycles. The standard InChI is InChI=1S/C20H23NO4/c1-5-25-19(24)16-10-12(2)13(3)11-20(16)18(23)15-8-6-7-9-17(15)21(20)14(4)22/h6-9,16H,5,10-11H2,1-4H3/t16-,20?/m1/s1. The molecule has 5 heteroatoms. The van der Waals surface area contributed by atoms with Crippen LogP contribution in [0.1, 0.15) is 50.9 Å². The first-order valence-electron chi connectivity index (χ1n) is 8.61. The van der Waals surface area contributed by atoms with Gasteiger partial charge in [-0.3, -0.25) is 19.3 Å². The van der Waals surface area contributed by atoms with E-state index in [0.717, 1.165) is 11.1 Å². The molecule has 0 fully saturated rings. The van der Waals surface area contributed by atoms with Gasteiger partial charge < -0.3 is 4.74 Å². The topological polar surface area (TPSA) is 63.7 Å². The molecular weight excluding hydrogens is 318 g/mol. The zero-order valence-electron chi connectivity index (χ0n) is 15.1. The third-order valence-corrected chi connectivity index (χ3v) is 5.42. The summed E-state index contributed by atoms with van der Waals surface area (Å²) < 4.78 is 5.28. The number of esters is 1. The summed E-state index contributed by atoms with van der Waals surface area (Å²) in [4.78, 5) is 40.3. The van der Waals surface area contributed by atoms with Crippen LogP contribution in [0, 0.1) is 5.92 Å². The fourth-order valence-corrected chi connectivity index (χ4v) is 4.18. The van der Waals surface area contributed by atoms with Crippen LogP contribution in [0.2, 0.25) is 0 Å². The SMILES string of the molecule is CCOC(=O)[C@H]1CC(C)=C(C)CC12C(=O)c1ccccc1N2C(C)=O. The molecule has 1 spiro atoms. The Morgan fingerprint density at radius 2 is 1.92 bits per heavy atom. The second kappa shape index (κ2) is 6.14. The van der Waals surface area contributed by atoms with E-state index in [9.17, 15) is 14.4 Å². The number of hydrogen-bond acceptors (Lipinski definition) is 4. The molecule has 25 heavy (non-hydrogen) atoms. The minimum Gasteiger partial charge on any atom is -0.466 e. The number of ether oxygens (including phenoxy) is 1. The van der Waals surface area contributed by atoms with Crippen molar-refractivity contribution in [1.29, 1.82) is 0 Å². The van der Waals surface area contributed by atoms with Crippen LogP contribution in [0.15, 0.2) is 35.4 Å². The van der Waals surface area contributed by atoms with Gasteiger partial charge in [-0.25, -0.2) is 0 Å². The highest BCUT2D eigenvalue weighted by Crippen LogP contribution is 2.51. The fraction of sp³-hybridized carbons (Fsp3) is 0.450. The van der Waals surface area contributed by atoms with Crippen LogP contribution >= 0.6 is 0 Å². The number of amides is 1. The van der Waals surface area contributed by atoms with Crippen molar-refractivity contribution in [2.45, 2.75) is 46.1 Å². The summed E-state index contributed by atoms with van der Waals surface area (Å²) in [6, 6.07) is 7.08. The summed E-state index contributed by atoms with van der Waals surface area (Å²) in [6.07, 6.45) is 0.781. The van der Waals surface area contributed by atoms with Gasteiger partial charge >= 0.3 is 5.97 Å². The average molecular weight is 341 g/mol. The first-order chi connectivity index (χ1) is 11.8. The Hall–Kier alpha value is -2.43. The van der Waals surface area contributed by atoms with Gasteiger partial charge in [0.15, 0.2) is 5.78 Å². The molecule has 1 aliphatic heterocycles. The first kappa shape index (κ1) is 17.4. The van der Waals surface area contributed by atoms with Crippen molar-refractivity contribution in [3.8, 4) is 0 Å². The van der Waals surface area contributed by atoms with E-state index in [1.165, 1.54) is 11.8 Å². The molecule has 1 aromatic rings. The summed E-state index contributed by atoms with van der Waals surface area (Å²) >= 11 is 0. The van der Waals surface area contributed by atoms with E-state index in [2.05, 4.69) is 0 Å². The molecule has 1 amide bonds. The zero-order valence-corrected chi connectivity index (χ0v) is 15.1. The van der Waals surface area contributed by atoms with E-state index >= 15 is 0 Å². The average Bonchev–Trinajstić information content (AvgIpc) is 2.81. The predicted molar refractivity (Wildman–Crippen MR) is 94.4 cm³/mol. The number of Topliss-reactive ketones (excluding diaryl/α,β-unsaturated/α-hetero) is 1. The largest absolute Gasteiger partial charge is 0.466 e. The molecular formula is C20H23NO4. The van der Waals surface area contributed by atoms with Crippen molar-refractivity contribution in [2.75, 3.05) is 11.5 Å². The number of para-hydroxylation sites is 1. The quantitative estimate of drug-likeness (QED) is 0.612. The smallest absolute Gasteiger partial charge is 0.312 e. The van der Waals surface area contributed by atoms with E-state index in [1.807, 2.05) is 13.8 Å². The molecule has 1 aliphatic carbocycles. The molecule has 5 nitrogen and oxygen atoms in total. The van der Waals surface area contributed by atoms with E-state index < -0.39 is 17.4 Å². The van der Waals surface area contributed by atoms with Crippen molar-refractivity contribution in [1.82, 2.24) is 0 Å². The Morgan fingerprint density at radius 3 is 2.56 bits per heavy atom. The molecule has 3 rings (SSSR count). The van der Waals surface area contributed by atoms with Gasteiger partial charge in [-0.2, -0.15) is 0 Å². The number of carbonyl (C=O) groups excluding carboxylic acids is 3. The fourth-order valence-electron chi connectivity index (χ4n) is 4.18. The Kier molecular flexibility index (Phi) is 4.27. The molecule has 2 aliphatic rings. The van der Waals surface area contributed by atoms with E-state index in [-0.39, 0.29) is 18.3 Å². The van der Waals surface area contributed by atoms with Gasteiger partial charge in [0.25, 0.3) is 0 Å². The number of hydrogen-bond donors (Lipinski definition) is 0. The lowest BCUT2D eigenvalue weighted by Gasteiger charge is -2.45. The Labute approximate surface area is 147 Å². The van der Waals surface area contributed by atoms with Crippen LogP contribution in [0.4, 0.5) is 5.69 Å². The first-order valence-corrected chi connectivity index (χ1v) is 8.61. The maximum atomic E-state index is 13.4. The van der Waals surface area contributed by atoms with Gasteiger partial charge in [0.2, 0.25) is 5.91 Å². The second-order valence-corrected chi connectivity index (χ2v) is 6.87. The molecule has 0 saturated heterocycles. The lowest BCUT2D eigenvalue weighted by molar-refractivity contribution is -0.150. The summed E-state index contributed by atoms with van der Waals surface area (Å²) in [6.45, 7) is 7.37. The number of anilines is 1. The lowest BCUT2D eigenvalue weighted by atomic mass is 9.68. The number of rotatable bonds is 2. The van der Waals surface area contributed by atoms with Crippen molar-refractivity contribution in [3.63, 3.8) is 0 Å². The second-order valence-electron chi connectivity index (χ2n) is 6.87. The van der Waals surface area contributed by atoms with Crippen molar-refractivity contribution in [2.24, 2.45) is 5.92 Å². The number of benzene rings is 1. The van der Waals surface area contributed by atoms with E-state index in [1.54, 1.807) is 31.2 Å². The maximum absolute atomic E-state index is 13.4. The van der Waals surface area contributed by atoms with Crippen molar-refractivity contribution >= 4 is 23.3 Å². The monoisotopic (exact) mass is 341 g/mol. The summed E-state index contributed by atoms with van der Waals surface area (Å²) in [5, 5.41) is 0. The van der Waals surface area contributed by atoms with Gasteiger partial charge in [0.05, 0.1) is 18.2 Å². The van der Waals surface area contributed by atoms with Crippen LogP contribution in [-0.2, 0) is 14.3 Å². The third kappa shape index (κ3) is 2.41. The highest BCUT2D eigenvalue weighted by molar-refractivity contribution is 6.22. The van der Waals surface area contributed by atoms with Gasteiger partial charge in [-0.15, -0.1) is 0 Å². The van der Waals surface area contributed by atoms with Crippen LogP contribution in [0.25, 0.3) is 0 Å². The Bertz CT molecular complexity index is 795. The molecule has 132 valence electrons. The van der Waals surface area contributed by atoms with Gasteiger partial charge in [0.1, 0.15) is 5.54 Å². The Morgan fingerprint density at radius 1 is 1.24 bits per heavy atom.